The van der Waals surface area contributed by atoms with Gasteiger partial charge in [-0.2, -0.15) is 13.9 Å². The number of hydrogen-bond acceptors (Lipinski definition) is 5. The SMILES string of the molecule is CCOc1cc(/C=N\NC(=O)c2cccc(O)c2)ccc1OC(F)F. The summed E-state index contributed by atoms with van der Waals surface area (Å²) in [5.41, 5.74) is 3.06. The van der Waals surface area contributed by atoms with Gasteiger partial charge in [0.25, 0.3) is 5.91 Å². The highest BCUT2D eigenvalue weighted by molar-refractivity contribution is 5.95. The monoisotopic (exact) mass is 350 g/mol. The second kappa shape index (κ2) is 8.62. The van der Waals surface area contributed by atoms with E-state index in [9.17, 15) is 18.7 Å². The zero-order valence-electron chi connectivity index (χ0n) is 13.3. The molecule has 0 atom stereocenters. The van der Waals surface area contributed by atoms with E-state index in [4.69, 9.17) is 4.74 Å². The van der Waals surface area contributed by atoms with Crippen molar-refractivity contribution >= 4 is 12.1 Å². The van der Waals surface area contributed by atoms with Crippen molar-refractivity contribution < 1.29 is 28.2 Å². The molecule has 25 heavy (non-hydrogen) atoms. The van der Waals surface area contributed by atoms with Gasteiger partial charge in [-0.05, 0) is 48.9 Å². The molecule has 0 saturated carbocycles. The first-order valence-electron chi connectivity index (χ1n) is 7.33. The highest BCUT2D eigenvalue weighted by Gasteiger charge is 2.11. The predicted octanol–water partition coefficient (Wildman–Crippen LogP) is 3.16. The van der Waals surface area contributed by atoms with E-state index < -0.39 is 12.5 Å². The Hall–Kier alpha value is -3.16. The standard InChI is InChI=1S/C17H16F2N2O4/c1-2-24-15-8-11(6-7-14(15)25-17(18)19)10-20-21-16(23)12-4-3-5-13(22)9-12/h3-10,17,22H,2H2,1H3,(H,21,23)/b20-10-. The minimum absolute atomic E-state index is 0.0346. The van der Waals surface area contributed by atoms with Gasteiger partial charge in [0.05, 0.1) is 12.8 Å². The van der Waals surface area contributed by atoms with Crippen molar-refractivity contribution in [2.45, 2.75) is 13.5 Å². The number of benzene rings is 2. The number of phenolic OH excluding ortho intramolecular Hbond substituents is 1. The summed E-state index contributed by atoms with van der Waals surface area (Å²) in [7, 11) is 0. The first-order valence-corrected chi connectivity index (χ1v) is 7.33. The van der Waals surface area contributed by atoms with Gasteiger partial charge < -0.3 is 14.6 Å². The molecule has 0 unspecified atom stereocenters. The molecule has 132 valence electrons. The van der Waals surface area contributed by atoms with Crippen LogP contribution in [0.5, 0.6) is 17.2 Å². The van der Waals surface area contributed by atoms with Gasteiger partial charge in [0.15, 0.2) is 11.5 Å². The smallest absolute Gasteiger partial charge is 0.387 e. The molecule has 0 saturated heterocycles. The number of halogens is 2. The molecule has 0 aliphatic rings. The van der Waals surface area contributed by atoms with Gasteiger partial charge in [0.1, 0.15) is 5.75 Å². The van der Waals surface area contributed by atoms with Crippen molar-refractivity contribution in [2.24, 2.45) is 5.10 Å². The second-order valence-electron chi connectivity index (χ2n) is 4.77. The fourth-order valence-electron chi connectivity index (χ4n) is 1.94. The number of aromatic hydroxyl groups is 1. The summed E-state index contributed by atoms with van der Waals surface area (Å²) < 4.78 is 34.3. The number of nitrogens with one attached hydrogen (secondary N) is 1. The van der Waals surface area contributed by atoms with E-state index in [0.717, 1.165) is 0 Å². The lowest BCUT2D eigenvalue weighted by Crippen LogP contribution is -2.17. The van der Waals surface area contributed by atoms with E-state index in [0.29, 0.717) is 5.56 Å². The van der Waals surface area contributed by atoms with Gasteiger partial charge in [-0.15, -0.1) is 0 Å². The number of hydrazone groups is 1. The number of ether oxygens (including phenoxy) is 2. The number of carbonyl (C=O) groups is 1. The van der Waals surface area contributed by atoms with Crippen LogP contribution in [0.3, 0.4) is 0 Å². The van der Waals surface area contributed by atoms with Crippen LogP contribution in [-0.2, 0) is 0 Å². The molecule has 0 heterocycles. The summed E-state index contributed by atoms with van der Waals surface area (Å²) in [5.74, 6) is -0.480. The zero-order valence-corrected chi connectivity index (χ0v) is 13.3. The van der Waals surface area contributed by atoms with Crippen molar-refractivity contribution in [2.75, 3.05) is 6.61 Å². The van der Waals surface area contributed by atoms with Gasteiger partial charge in [-0.25, -0.2) is 5.43 Å². The minimum atomic E-state index is -2.96. The van der Waals surface area contributed by atoms with Crippen LogP contribution in [0.4, 0.5) is 8.78 Å². The average molecular weight is 350 g/mol. The highest BCUT2D eigenvalue weighted by atomic mass is 19.3. The molecule has 0 aliphatic carbocycles. The van der Waals surface area contributed by atoms with Crippen LogP contribution in [-0.4, -0.2) is 30.4 Å². The average Bonchev–Trinajstić information content (AvgIpc) is 2.57. The van der Waals surface area contributed by atoms with Crippen molar-refractivity contribution in [3.05, 3.63) is 53.6 Å². The molecule has 0 fully saturated rings. The Kier molecular flexibility index (Phi) is 6.27. The Morgan fingerprint density at radius 3 is 2.76 bits per heavy atom. The van der Waals surface area contributed by atoms with Crippen molar-refractivity contribution in [1.82, 2.24) is 5.43 Å². The Morgan fingerprint density at radius 1 is 1.28 bits per heavy atom. The van der Waals surface area contributed by atoms with Crippen LogP contribution >= 0.6 is 0 Å². The fraction of sp³-hybridized carbons (Fsp3) is 0.176. The molecule has 2 rings (SSSR count). The van der Waals surface area contributed by atoms with E-state index in [1.807, 2.05) is 0 Å². The molecule has 8 heteroatoms. The third-order valence-electron chi connectivity index (χ3n) is 2.97. The van der Waals surface area contributed by atoms with Gasteiger partial charge in [0, 0.05) is 5.56 Å². The molecular weight excluding hydrogens is 334 g/mol. The Morgan fingerprint density at radius 2 is 2.08 bits per heavy atom. The number of carbonyl (C=O) groups excluding carboxylic acids is 1. The number of phenols is 1. The van der Waals surface area contributed by atoms with Gasteiger partial charge in [-0.1, -0.05) is 6.07 Å². The number of rotatable bonds is 7. The molecule has 2 aromatic rings. The molecule has 6 nitrogen and oxygen atoms in total. The minimum Gasteiger partial charge on any atom is -0.508 e. The first-order chi connectivity index (χ1) is 12.0. The molecule has 0 radical (unpaired) electrons. The molecule has 0 aliphatic heterocycles. The first kappa shape index (κ1) is 18.2. The summed E-state index contributed by atoms with van der Waals surface area (Å²) >= 11 is 0. The summed E-state index contributed by atoms with van der Waals surface area (Å²) in [4.78, 5) is 11.9. The number of nitrogens with zero attached hydrogens (tertiary/aromatic N) is 1. The summed E-state index contributed by atoms with van der Waals surface area (Å²) in [6.45, 7) is -0.975. The van der Waals surface area contributed by atoms with E-state index in [1.54, 1.807) is 6.92 Å². The lowest BCUT2D eigenvalue weighted by molar-refractivity contribution is -0.0514. The fourth-order valence-corrected chi connectivity index (χ4v) is 1.94. The van der Waals surface area contributed by atoms with E-state index in [1.165, 1.54) is 48.7 Å². The quantitative estimate of drug-likeness (QED) is 0.594. The maximum absolute atomic E-state index is 12.4. The maximum atomic E-state index is 12.4. The maximum Gasteiger partial charge on any atom is 0.387 e. The van der Waals surface area contributed by atoms with Gasteiger partial charge in [0.2, 0.25) is 0 Å². The van der Waals surface area contributed by atoms with Crippen LogP contribution in [0.25, 0.3) is 0 Å². The van der Waals surface area contributed by atoms with E-state index in [-0.39, 0.29) is 29.4 Å². The second-order valence-corrected chi connectivity index (χ2v) is 4.77. The summed E-state index contributed by atoms with van der Waals surface area (Å²) in [6, 6.07) is 10.1. The third kappa shape index (κ3) is 5.45. The molecule has 0 aromatic heterocycles. The van der Waals surface area contributed by atoms with Crippen molar-refractivity contribution in [3.63, 3.8) is 0 Å². The van der Waals surface area contributed by atoms with Crippen LogP contribution in [0.2, 0.25) is 0 Å². The summed E-state index contributed by atoms with van der Waals surface area (Å²) in [6.07, 6.45) is 1.33. The molecule has 2 N–H and O–H groups in total. The summed E-state index contributed by atoms with van der Waals surface area (Å²) in [5, 5.41) is 13.1. The number of amides is 1. The van der Waals surface area contributed by atoms with Crippen molar-refractivity contribution in [1.29, 1.82) is 0 Å². The van der Waals surface area contributed by atoms with Crippen LogP contribution < -0.4 is 14.9 Å². The lowest BCUT2D eigenvalue weighted by atomic mass is 10.2. The Bertz CT molecular complexity index is 766. The van der Waals surface area contributed by atoms with Crippen molar-refractivity contribution in [3.8, 4) is 17.2 Å². The molecular formula is C17H16F2N2O4. The normalized spacial score (nSPS) is 10.9. The lowest BCUT2D eigenvalue weighted by Gasteiger charge is -2.11. The van der Waals surface area contributed by atoms with Gasteiger partial charge in [-0.3, -0.25) is 4.79 Å². The van der Waals surface area contributed by atoms with E-state index >= 15 is 0 Å². The van der Waals surface area contributed by atoms with Crippen LogP contribution in [0.1, 0.15) is 22.8 Å². The Balaban J connectivity index is 2.07. The van der Waals surface area contributed by atoms with Crippen LogP contribution in [0, 0.1) is 0 Å². The molecule has 2 aromatic carbocycles. The zero-order chi connectivity index (χ0) is 18.2. The van der Waals surface area contributed by atoms with Gasteiger partial charge >= 0.3 is 6.61 Å². The topological polar surface area (TPSA) is 80.2 Å². The number of alkyl halides is 2. The van der Waals surface area contributed by atoms with E-state index in [2.05, 4.69) is 15.3 Å². The number of hydrogen-bond donors (Lipinski definition) is 2. The Labute approximate surface area is 142 Å². The molecule has 1 amide bonds. The molecule has 0 bridgehead atoms. The third-order valence-corrected chi connectivity index (χ3v) is 2.97. The molecule has 0 spiro atoms. The van der Waals surface area contributed by atoms with Crippen LogP contribution in [0.15, 0.2) is 47.6 Å². The highest BCUT2D eigenvalue weighted by Crippen LogP contribution is 2.29. The predicted molar refractivity (Wildman–Crippen MR) is 87.4 cm³/mol. The largest absolute Gasteiger partial charge is 0.508 e.